The number of halogens is 1. The van der Waals surface area contributed by atoms with Crippen molar-refractivity contribution in [3.8, 4) is 6.07 Å². The van der Waals surface area contributed by atoms with Crippen LogP contribution in [0.1, 0.15) is 24.0 Å². The van der Waals surface area contributed by atoms with E-state index in [1.807, 2.05) is 0 Å². The van der Waals surface area contributed by atoms with Gasteiger partial charge in [-0.2, -0.15) is 5.26 Å². The second-order valence-corrected chi connectivity index (χ2v) is 5.90. The van der Waals surface area contributed by atoms with Gasteiger partial charge in [0.2, 0.25) is 0 Å². The van der Waals surface area contributed by atoms with Gasteiger partial charge in [0.15, 0.2) is 0 Å². The predicted octanol–water partition coefficient (Wildman–Crippen LogP) is 2.47. The van der Waals surface area contributed by atoms with E-state index in [1.54, 1.807) is 6.07 Å². The number of nitriles is 1. The summed E-state index contributed by atoms with van der Waals surface area (Å²) in [6, 6.07) is 6.66. The molecule has 0 aliphatic carbocycles. The number of nitrogens with zero attached hydrogens (tertiary/aromatic N) is 3. The van der Waals surface area contributed by atoms with Crippen LogP contribution in [-0.2, 0) is 6.54 Å². The Morgan fingerprint density at radius 1 is 1.35 bits per heavy atom. The van der Waals surface area contributed by atoms with Crippen molar-refractivity contribution in [2.75, 3.05) is 33.7 Å². The third-order valence-corrected chi connectivity index (χ3v) is 3.90. The first-order valence-corrected chi connectivity index (χ1v) is 7.14. The van der Waals surface area contributed by atoms with Gasteiger partial charge in [-0.15, -0.1) is 0 Å². The predicted molar refractivity (Wildman–Crippen MR) is 77.7 cm³/mol. The van der Waals surface area contributed by atoms with E-state index in [-0.39, 0.29) is 5.82 Å². The summed E-state index contributed by atoms with van der Waals surface area (Å²) < 4.78 is 13.8. The molecule has 1 aliphatic rings. The molecule has 108 valence electrons. The number of likely N-dealkylation sites (tertiary alicyclic amines) is 1. The molecule has 0 spiro atoms. The van der Waals surface area contributed by atoms with Gasteiger partial charge in [0, 0.05) is 18.7 Å². The Hall–Kier alpha value is -1.44. The number of hydrogen-bond donors (Lipinski definition) is 0. The maximum atomic E-state index is 13.8. The standard InChI is InChI=1S/C16H22FN3/c1-19(2)11-13-5-7-20(8-6-13)12-15-9-14(10-18)3-4-16(15)17/h3-4,9,13H,5-8,11-12H2,1-2H3. The molecule has 20 heavy (non-hydrogen) atoms. The molecule has 1 aromatic carbocycles. The van der Waals surface area contributed by atoms with Crippen LogP contribution in [0.2, 0.25) is 0 Å². The third-order valence-electron chi connectivity index (χ3n) is 3.90. The van der Waals surface area contributed by atoms with E-state index in [2.05, 4.69) is 30.0 Å². The summed E-state index contributed by atoms with van der Waals surface area (Å²) in [6.45, 7) is 3.76. The first kappa shape index (κ1) is 15.0. The van der Waals surface area contributed by atoms with Gasteiger partial charge in [-0.1, -0.05) is 0 Å². The molecule has 0 bridgehead atoms. The van der Waals surface area contributed by atoms with Gasteiger partial charge in [0.1, 0.15) is 5.82 Å². The Morgan fingerprint density at radius 3 is 2.65 bits per heavy atom. The van der Waals surface area contributed by atoms with Crippen LogP contribution in [0.5, 0.6) is 0 Å². The fraction of sp³-hybridized carbons (Fsp3) is 0.562. The Labute approximate surface area is 120 Å². The van der Waals surface area contributed by atoms with Crippen LogP contribution in [0.15, 0.2) is 18.2 Å². The quantitative estimate of drug-likeness (QED) is 0.845. The normalized spacial score (nSPS) is 17.4. The molecule has 0 saturated carbocycles. The van der Waals surface area contributed by atoms with Crippen LogP contribution >= 0.6 is 0 Å². The highest BCUT2D eigenvalue weighted by Gasteiger charge is 2.20. The molecule has 1 aromatic rings. The molecule has 1 saturated heterocycles. The fourth-order valence-corrected chi connectivity index (χ4v) is 2.85. The van der Waals surface area contributed by atoms with Gasteiger partial charge < -0.3 is 4.90 Å². The Balaban J connectivity index is 1.91. The molecule has 2 rings (SSSR count). The van der Waals surface area contributed by atoms with Gasteiger partial charge >= 0.3 is 0 Å². The minimum Gasteiger partial charge on any atom is -0.309 e. The van der Waals surface area contributed by atoms with E-state index in [0.29, 0.717) is 17.7 Å². The lowest BCUT2D eigenvalue weighted by molar-refractivity contribution is 0.155. The van der Waals surface area contributed by atoms with E-state index in [4.69, 9.17) is 5.26 Å². The zero-order valence-corrected chi connectivity index (χ0v) is 12.3. The van der Waals surface area contributed by atoms with Gasteiger partial charge in [-0.25, -0.2) is 4.39 Å². The maximum Gasteiger partial charge on any atom is 0.127 e. The van der Waals surface area contributed by atoms with Crippen molar-refractivity contribution in [1.82, 2.24) is 9.80 Å². The van der Waals surface area contributed by atoms with Crippen molar-refractivity contribution in [2.24, 2.45) is 5.92 Å². The number of rotatable bonds is 4. The second-order valence-electron chi connectivity index (χ2n) is 5.90. The zero-order chi connectivity index (χ0) is 14.5. The number of hydrogen-bond acceptors (Lipinski definition) is 3. The SMILES string of the molecule is CN(C)CC1CCN(Cc2cc(C#N)ccc2F)CC1. The summed E-state index contributed by atoms with van der Waals surface area (Å²) in [7, 11) is 4.21. The monoisotopic (exact) mass is 275 g/mol. The molecule has 3 nitrogen and oxygen atoms in total. The summed E-state index contributed by atoms with van der Waals surface area (Å²) in [6.07, 6.45) is 2.33. The summed E-state index contributed by atoms with van der Waals surface area (Å²) >= 11 is 0. The molecule has 0 unspecified atom stereocenters. The van der Waals surface area contributed by atoms with Crippen molar-refractivity contribution in [3.05, 3.63) is 35.1 Å². The second kappa shape index (κ2) is 6.83. The molecule has 1 heterocycles. The van der Waals surface area contributed by atoms with Crippen LogP contribution in [-0.4, -0.2) is 43.5 Å². The molecule has 0 amide bonds. The summed E-state index contributed by atoms with van der Waals surface area (Å²) in [5.74, 6) is 0.538. The lowest BCUT2D eigenvalue weighted by Gasteiger charge is -2.33. The largest absolute Gasteiger partial charge is 0.309 e. The Morgan fingerprint density at radius 2 is 2.05 bits per heavy atom. The van der Waals surface area contributed by atoms with Crippen LogP contribution in [0, 0.1) is 23.1 Å². The molecule has 0 radical (unpaired) electrons. The maximum absolute atomic E-state index is 13.8. The van der Waals surface area contributed by atoms with Gasteiger partial charge in [0.25, 0.3) is 0 Å². The van der Waals surface area contributed by atoms with Gasteiger partial charge in [0.05, 0.1) is 11.6 Å². The molecule has 0 atom stereocenters. The first-order valence-electron chi connectivity index (χ1n) is 7.14. The van der Waals surface area contributed by atoms with Gasteiger partial charge in [-0.3, -0.25) is 4.90 Å². The van der Waals surface area contributed by atoms with Crippen molar-refractivity contribution < 1.29 is 4.39 Å². The van der Waals surface area contributed by atoms with E-state index in [0.717, 1.165) is 38.4 Å². The highest BCUT2D eigenvalue weighted by molar-refractivity contribution is 5.33. The Bertz CT molecular complexity index is 485. The minimum absolute atomic E-state index is 0.209. The van der Waals surface area contributed by atoms with Crippen LogP contribution in [0.25, 0.3) is 0 Å². The minimum atomic E-state index is -0.209. The average molecular weight is 275 g/mol. The topological polar surface area (TPSA) is 30.3 Å². The van der Waals surface area contributed by atoms with Crippen LogP contribution < -0.4 is 0 Å². The smallest absolute Gasteiger partial charge is 0.127 e. The number of piperidine rings is 1. The van der Waals surface area contributed by atoms with Crippen molar-refractivity contribution in [3.63, 3.8) is 0 Å². The Kier molecular flexibility index (Phi) is 5.11. The van der Waals surface area contributed by atoms with Crippen molar-refractivity contribution in [2.45, 2.75) is 19.4 Å². The van der Waals surface area contributed by atoms with Gasteiger partial charge in [-0.05, 0) is 64.1 Å². The van der Waals surface area contributed by atoms with E-state index < -0.39 is 0 Å². The molecule has 4 heteroatoms. The van der Waals surface area contributed by atoms with E-state index in [1.165, 1.54) is 12.1 Å². The molecule has 0 aromatic heterocycles. The first-order chi connectivity index (χ1) is 9.58. The van der Waals surface area contributed by atoms with Crippen molar-refractivity contribution >= 4 is 0 Å². The van der Waals surface area contributed by atoms with Crippen molar-refractivity contribution in [1.29, 1.82) is 5.26 Å². The highest BCUT2D eigenvalue weighted by atomic mass is 19.1. The lowest BCUT2D eigenvalue weighted by Crippen LogP contribution is -2.36. The average Bonchev–Trinajstić information content (AvgIpc) is 2.43. The van der Waals surface area contributed by atoms with Crippen LogP contribution in [0.3, 0.4) is 0 Å². The lowest BCUT2D eigenvalue weighted by atomic mass is 9.96. The zero-order valence-electron chi connectivity index (χ0n) is 12.3. The van der Waals surface area contributed by atoms with Crippen LogP contribution in [0.4, 0.5) is 4.39 Å². The molecule has 0 N–H and O–H groups in total. The molecular formula is C16H22FN3. The third kappa shape index (κ3) is 4.03. The van der Waals surface area contributed by atoms with E-state index >= 15 is 0 Å². The molecule has 1 fully saturated rings. The summed E-state index contributed by atoms with van der Waals surface area (Å²) in [4.78, 5) is 4.52. The summed E-state index contributed by atoms with van der Waals surface area (Å²) in [5.41, 5.74) is 1.17. The number of benzene rings is 1. The van der Waals surface area contributed by atoms with E-state index in [9.17, 15) is 4.39 Å². The molecule has 1 aliphatic heterocycles. The molecular weight excluding hydrogens is 253 g/mol. The fourth-order valence-electron chi connectivity index (χ4n) is 2.85. The highest BCUT2D eigenvalue weighted by Crippen LogP contribution is 2.20. The summed E-state index contributed by atoms with van der Waals surface area (Å²) in [5, 5.41) is 8.89.